The Balaban J connectivity index is 2.64. The van der Waals surface area contributed by atoms with Crippen molar-refractivity contribution >= 4 is 18.0 Å². The third kappa shape index (κ3) is 4.89. The summed E-state index contributed by atoms with van der Waals surface area (Å²) in [5, 5.41) is 20.1. The lowest BCUT2D eigenvalue weighted by Gasteiger charge is -2.15. The Morgan fingerprint density at radius 1 is 1.32 bits per heavy atom. The van der Waals surface area contributed by atoms with E-state index in [1.54, 1.807) is 0 Å². The van der Waals surface area contributed by atoms with Crippen LogP contribution >= 0.6 is 0 Å². The lowest BCUT2D eigenvalue weighted by atomic mass is 10.1. The van der Waals surface area contributed by atoms with Crippen molar-refractivity contribution in [3.8, 4) is 0 Å². The van der Waals surface area contributed by atoms with Crippen LogP contribution < -0.4 is 5.32 Å². The molecule has 1 aromatic carbocycles. The van der Waals surface area contributed by atoms with Crippen LogP contribution in [0.5, 0.6) is 0 Å². The molecule has 0 saturated carbocycles. The average Bonchev–Trinajstić information content (AvgIpc) is 2.34. The first-order chi connectivity index (χ1) is 8.90. The third-order valence-corrected chi connectivity index (χ3v) is 2.34. The lowest BCUT2D eigenvalue weighted by molar-refractivity contribution is -0.144. The van der Waals surface area contributed by atoms with Gasteiger partial charge in [0.05, 0.1) is 6.10 Å². The standard InChI is InChI=1S/C13H14FNO4/c1-8(16)12(13(18)19)15-11(17)7-4-9-2-5-10(14)6-3-9/h2-8,12,16H,1H3,(H,15,17)(H,18,19)/b7-4+/t8-,12+/m1/s1. The molecule has 2 atom stereocenters. The van der Waals surface area contributed by atoms with Gasteiger partial charge < -0.3 is 15.5 Å². The minimum absolute atomic E-state index is 0.387. The molecule has 0 radical (unpaired) electrons. The number of aliphatic carboxylic acids is 1. The molecule has 0 heterocycles. The predicted octanol–water partition coefficient (Wildman–Crippen LogP) is 0.789. The number of rotatable bonds is 5. The number of carboxylic acids is 1. The van der Waals surface area contributed by atoms with Gasteiger partial charge in [-0.3, -0.25) is 4.79 Å². The Labute approximate surface area is 109 Å². The summed E-state index contributed by atoms with van der Waals surface area (Å²) in [5.74, 6) is -2.36. The molecule has 0 saturated heterocycles. The molecule has 3 N–H and O–H groups in total. The van der Waals surface area contributed by atoms with E-state index in [-0.39, 0.29) is 5.82 Å². The van der Waals surface area contributed by atoms with Crippen LogP contribution in [0.2, 0.25) is 0 Å². The number of hydrogen-bond acceptors (Lipinski definition) is 3. The van der Waals surface area contributed by atoms with Gasteiger partial charge in [0.25, 0.3) is 0 Å². The number of carboxylic acid groups (broad SMARTS) is 1. The molecule has 0 aliphatic rings. The largest absolute Gasteiger partial charge is 0.480 e. The number of carbonyl (C=O) groups excluding carboxylic acids is 1. The molecule has 0 aliphatic carbocycles. The van der Waals surface area contributed by atoms with E-state index in [9.17, 15) is 19.1 Å². The first-order valence-corrected chi connectivity index (χ1v) is 5.55. The molecule has 102 valence electrons. The van der Waals surface area contributed by atoms with Crippen molar-refractivity contribution in [2.45, 2.75) is 19.1 Å². The van der Waals surface area contributed by atoms with E-state index in [1.807, 2.05) is 0 Å². The second-order valence-corrected chi connectivity index (χ2v) is 3.95. The molecule has 19 heavy (non-hydrogen) atoms. The summed E-state index contributed by atoms with van der Waals surface area (Å²) in [4.78, 5) is 22.2. The van der Waals surface area contributed by atoms with Gasteiger partial charge in [0.1, 0.15) is 5.82 Å². The van der Waals surface area contributed by atoms with E-state index in [0.29, 0.717) is 5.56 Å². The predicted molar refractivity (Wildman–Crippen MR) is 66.7 cm³/mol. The minimum Gasteiger partial charge on any atom is -0.480 e. The molecule has 6 heteroatoms. The number of halogens is 1. The number of aliphatic hydroxyl groups is 1. The third-order valence-electron chi connectivity index (χ3n) is 2.34. The maximum atomic E-state index is 12.6. The minimum atomic E-state index is -1.37. The van der Waals surface area contributed by atoms with Crippen LogP contribution in [-0.4, -0.2) is 34.2 Å². The van der Waals surface area contributed by atoms with Crippen LogP contribution in [-0.2, 0) is 9.59 Å². The number of amides is 1. The second kappa shape index (κ2) is 6.65. The van der Waals surface area contributed by atoms with Crippen LogP contribution in [0, 0.1) is 5.82 Å². The van der Waals surface area contributed by atoms with Crippen LogP contribution in [0.1, 0.15) is 12.5 Å². The van der Waals surface area contributed by atoms with Gasteiger partial charge in [-0.05, 0) is 30.7 Å². The summed E-state index contributed by atoms with van der Waals surface area (Å²) < 4.78 is 12.6. The zero-order valence-corrected chi connectivity index (χ0v) is 10.2. The summed E-state index contributed by atoms with van der Waals surface area (Å²) in [6.07, 6.45) is 1.32. The zero-order valence-electron chi connectivity index (χ0n) is 10.2. The van der Waals surface area contributed by atoms with Gasteiger partial charge in [0.2, 0.25) is 5.91 Å². The van der Waals surface area contributed by atoms with E-state index < -0.39 is 24.0 Å². The Morgan fingerprint density at radius 3 is 2.37 bits per heavy atom. The Hall–Kier alpha value is -2.21. The summed E-state index contributed by atoms with van der Waals surface area (Å²) in [5.41, 5.74) is 0.598. The molecule has 0 aliphatic heterocycles. The topological polar surface area (TPSA) is 86.6 Å². The zero-order chi connectivity index (χ0) is 14.4. The smallest absolute Gasteiger partial charge is 0.328 e. The number of nitrogens with one attached hydrogen (secondary N) is 1. The fraction of sp³-hybridized carbons (Fsp3) is 0.231. The summed E-state index contributed by atoms with van der Waals surface area (Å²) in [6.45, 7) is 1.27. The first-order valence-electron chi connectivity index (χ1n) is 5.55. The molecular formula is C13H14FNO4. The van der Waals surface area contributed by atoms with Gasteiger partial charge in [-0.1, -0.05) is 12.1 Å². The lowest BCUT2D eigenvalue weighted by Crippen LogP contribution is -2.47. The van der Waals surface area contributed by atoms with Crippen molar-refractivity contribution in [1.29, 1.82) is 0 Å². The average molecular weight is 267 g/mol. The van der Waals surface area contributed by atoms with Crippen molar-refractivity contribution in [2.75, 3.05) is 0 Å². The monoisotopic (exact) mass is 267 g/mol. The number of hydrogen-bond donors (Lipinski definition) is 3. The molecule has 0 fully saturated rings. The van der Waals surface area contributed by atoms with Gasteiger partial charge in [-0.15, -0.1) is 0 Å². The quantitative estimate of drug-likeness (QED) is 0.688. The number of benzene rings is 1. The molecule has 1 amide bonds. The highest BCUT2D eigenvalue weighted by Crippen LogP contribution is 2.04. The van der Waals surface area contributed by atoms with E-state index in [0.717, 1.165) is 6.08 Å². The highest BCUT2D eigenvalue weighted by Gasteiger charge is 2.23. The second-order valence-electron chi connectivity index (χ2n) is 3.95. The van der Waals surface area contributed by atoms with Gasteiger partial charge in [-0.25, -0.2) is 9.18 Å². The Morgan fingerprint density at radius 2 is 1.89 bits per heavy atom. The fourth-order valence-electron chi connectivity index (χ4n) is 1.34. The molecule has 1 rings (SSSR count). The molecule has 0 aromatic heterocycles. The summed E-state index contributed by atoms with van der Waals surface area (Å²) in [6, 6.07) is 4.07. The fourth-order valence-corrected chi connectivity index (χ4v) is 1.34. The molecule has 0 spiro atoms. The van der Waals surface area contributed by atoms with Crippen molar-refractivity contribution < 1.29 is 24.2 Å². The molecule has 0 unspecified atom stereocenters. The van der Waals surface area contributed by atoms with E-state index >= 15 is 0 Å². The SMILES string of the molecule is C[C@@H](O)[C@H](NC(=O)/C=C/c1ccc(F)cc1)C(=O)O. The van der Waals surface area contributed by atoms with Gasteiger partial charge in [-0.2, -0.15) is 0 Å². The summed E-state index contributed by atoms with van der Waals surface area (Å²) >= 11 is 0. The maximum absolute atomic E-state index is 12.6. The molecule has 1 aromatic rings. The maximum Gasteiger partial charge on any atom is 0.328 e. The molecule has 0 bridgehead atoms. The van der Waals surface area contributed by atoms with E-state index in [2.05, 4.69) is 5.32 Å². The highest BCUT2D eigenvalue weighted by atomic mass is 19.1. The van der Waals surface area contributed by atoms with Crippen molar-refractivity contribution in [3.05, 3.63) is 41.7 Å². The van der Waals surface area contributed by atoms with Crippen LogP contribution in [0.3, 0.4) is 0 Å². The van der Waals surface area contributed by atoms with Gasteiger partial charge in [0.15, 0.2) is 6.04 Å². The van der Waals surface area contributed by atoms with E-state index in [4.69, 9.17) is 5.11 Å². The number of aliphatic hydroxyl groups excluding tert-OH is 1. The van der Waals surface area contributed by atoms with Crippen molar-refractivity contribution in [3.63, 3.8) is 0 Å². The van der Waals surface area contributed by atoms with Crippen molar-refractivity contribution in [1.82, 2.24) is 5.32 Å². The van der Waals surface area contributed by atoms with Crippen molar-refractivity contribution in [2.24, 2.45) is 0 Å². The first kappa shape index (κ1) is 14.8. The van der Waals surface area contributed by atoms with E-state index in [1.165, 1.54) is 37.3 Å². The van der Waals surface area contributed by atoms with Gasteiger partial charge in [0, 0.05) is 6.08 Å². The van der Waals surface area contributed by atoms with Gasteiger partial charge >= 0.3 is 5.97 Å². The highest BCUT2D eigenvalue weighted by molar-refractivity contribution is 5.94. The Bertz CT molecular complexity index is 482. The normalized spacial score (nSPS) is 14.1. The molecule has 5 nitrogen and oxygen atoms in total. The van der Waals surface area contributed by atoms with Crippen LogP contribution in [0.25, 0.3) is 6.08 Å². The molecular weight excluding hydrogens is 253 g/mol. The summed E-state index contributed by atoms with van der Waals surface area (Å²) in [7, 11) is 0. The Kier molecular flexibility index (Phi) is 5.20. The van der Waals surface area contributed by atoms with Crippen LogP contribution in [0.15, 0.2) is 30.3 Å². The number of carbonyl (C=O) groups is 2. The van der Waals surface area contributed by atoms with Crippen LogP contribution in [0.4, 0.5) is 4.39 Å².